The molecule has 7 nitrogen and oxygen atoms in total. The number of methoxy groups -OCH3 is 3. The Balaban J connectivity index is 1.29. The number of fused-ring (bicyclic) bond motifs is 8. The molecule has 96 heavy (non-hydrogen) atoms. The van der Waals surface area contributed by atoms with Crippen LogP contribution in [0.15, 0.2) is 322 Å². The van der Waals surface area contributed by atoms with Crippen LogP contribution in [0, 0.1) is 0 Å². The summed E-state index contributed by atoms with van der Waals surface area (Å²) in [6.07, 6.45) is 0. The number of nitrogens with one attached hydrogen (secondary N) is 2. The molecule has 16 rings (SSSR count). The van der Waals surface area contributed by atoms with Crippen LogP contribution in [-0.4, -0.2) is 41.3 Å². The van der Waals surface area contributed by atoms with Gasteiger partial charge in [0.25, 0.3) is 0 Å². The molecule has 5 heterocycles. The van der Waals surface area contributed by atoms with Gasteiger partial charge in [-0.3, -0.25) is 0 Å². The summed E-state index contributed by atoms with van der Waals surface area (Å²) >= 11 is 0. The smallest absolute Gasteiger partial charge is 0.118 e. The van der Waals surface area contributed by atoms with Gasteiger partial charge >= 0.3 is 0 Å². The van der Waals surface area contributed by atoms with Crippen LogP contribution in [0.3, 0.4) is 0 Å². The van der Waals surface area contributed by atoms with Gasteiger partial charge in [-0.1, -0.05) is 279 Å². The molecule has 0 unspecified atom stereocenters. The SMILES string of the molecule is COc1ccc(-c2c3nc(c(-c4ccc(OC)cc4)c4[nH]c(c(-c5ccc(OC)cc5)c5nc(cc6[nH]c2c(-c2ccccc2)c6-c2ccccc2)C(c2ccccc2)=C5c2ccccc2)c(-c2ccccc2)c4-c2ccccc2)C(c2ccccc2)=C3c2ccccc2)cc1. The highest BCUT2D eigenvalue weighted by molar-refractivity contribution is 6.20. The van der Waals surface area contributed by atoms with Crippen LogP contribution in [0.5, 0.6) is 17.2 Å². The van der Waals surface area contributed by atoms with Crippen molar-refractivity contribution in [1.29, 1.82) is 0 Å². The van der Waals surface area contributed by atoms with Gasteiger partial charge in [-0.15, -0.1) is 0 Å². The Hall–Kier alpha value is -12.6. The molecule has 0 spiro atoms. The van der Waals surface area contributed by atoms with E-state index >= 15 is 0 Å². The van der Waals surface area contributed by atoms with Gasteiger partial charge in [-0.2, -0.15) is 0 Å². The highest BCUT2D eigenvalue weighted by atomic mass is 16.5. The van der Waals surface area contributed by atoms with Crippen molar-refractivity contribution in [3.63, 3.8) is 0 Å². The monoisotopic (exact) mass is 1240 g/mol. The molecule has 0 fully saturated rings. The van der Waals surface area contributed by atoms with Crippen molar-refractivity contribution in [2.45, 2.75) is 0 Å². The molecule has 8 bridgehead atoms. The molecule has 2 N–H and O–H groups in total. The van der Waals surface area contributed by atoms with Crippen molar-refractivity contribution < 1.29 is 14.2 Å². The second kappa shape index (κ2) is 25.5. The second-order valence-electron chi connectivity index (χ2n) is 23.8. The van der Waals surface area contributed by atoms with Crippen LogP contribution in [0.25, 0.3) is 122 Å². The third kappa shape index (κ3) is 10.5. The largest absolute Gasteiger partial charge is 0.497 e. The predicted molar refractivity (Wildman–Crippen MR) is 395 cm³/mol. The normalized spacial score (nSPS) is 12.0. The summed E-state index contributed by atoms with van der Waals surface area (Å²) in [6, 6.07) is 114. The molecule has 14 aromatic rings. The summed E-state index contributed by atoms with van der Waals surface area (Å²) < 4.78 is 18.0. The Kier molecular flexibility index (Phi) is 15.5. The maximum absolute atomic E-state index is 6.43. The molecule has 0 saturated carbocycles. The molecule has 0 atom stereocenters. The quantitative estimate of drug-likeness (QED) is 0.113. The topological polar surface area (TPSA) is 85.1 Å². The molecule has 11 aromatic carbocycles. The molecule has 2 aliphatic rings. The lowest BCUT2D eigenvalue weighted by Gasteiger charge is -2.15. The van der Waals surface area contributed by atoms with Crippen LogP contribution in [0.2, 0.25) is 0 Å². The fraction of sp³-hybridized carbons (Fsp3) is 0.0337. The lowest BCUT2D eigenvalue weighted by atomic mass is 9.86. The van der Waals surface area contributed by atoms with Crippen molar-refractivity contribution in [2.75, 3.05) is 21.3 Å². The zero-order valence-electron chi connectivity index (χ0n) is 53.2. The van der Waals surface area contributed by atoms with E-state index in [1.54, 1.807) is 21.3 Å². The van der Waals surface area contributed by atoms with E-state index in [0.717, 1.165) is 185 Å². The third-order valence-corrected chi connectivity index (χ3v) is 18.3. The first-order valence-electron chi connectivity index (χ1n) is 32.3. The Bertz CT molecular complexity index is 5380. The van der Waals surface area contributed by atoms with Gasteiger partial charge in [0.1, 0.15) is 17.2 Å². The minimum atomic E-state index is 0.727. The van der Waals surface area contributed by atoms with E-state index < -0.39 is 0 Å². The van der Waals surface area contributed by atoms with Crippen molar-refractivity contribution in [3.8, 4) is 95.1 Å². The van der Waals surface area contributed by atoms with E-state index in [1.807, 2.05) is 0 Å². The number of hydrogen-bond acceptors (Lipinski definition) is 5. The Morgan fingerprint density at radius 3 is 0.771 bits per heavy atom. The minimum absolute atomic E-state index is 0.727. The van der Waals surface area contributed by atoms with Gasteiger partial charge in [0, 0.05) is 66.8 Å². The molecule has 2 aliphatic heterocycles. The maximum Gasteiger partial charge on any atom is 0.118 e. The maximum atomic E-state index is 6.43. The first kappa shape index (κ1) is 58.5. The lowest BCUT2D eigenvalue weighted by molar-refractivity contribution is 0.415. The molecule has 7 heteroatoms. The molecule has 0 amide bonds. The molecule has 458 valence electrons. The second-order valence-corrected chi connectivity index (χ2v) is 23.8. The first-order valence-corrected chi connectivity index (χ1v) is 32.3. The van der Waals surface area contributed by atoms with E-state index in [0.29, 0.717) is 0 Å². The predicted octanol–water partition coefficient (Wildman–Crippen LogP) is 22.0. The molecule has 0 aliphatic carbocycles. The van der Waals surface area contributed by atoms with E-state index in [9.17, 15) is 0 Å². The molecule has 0 saturated heterocycles. The van der Waals surface area contributed by atoms with Gasteiger partial charge in [0.2, 0.25) is 0 Å². The zero-order chi connectivity index (χ0) is 64.5. The van der Waals surface area contributed by atoms with Gasteiger partial charge in [-0.25, -0.2) is 9.97 Å². The zero-order valence-corrected chi connectivity index (χ0v) is 53.2. The first-order chi connectivity index (χ1) is 47.5. The van der Waals surface area contributed by atoms with E-state index in [-0.39, 0.29) is 0 Å². The number of rotatable bonds is 14. The molecule has 3 aromatic heterocycles. The number of ether oxygens (including phenoxy) is 3. The van der Waals surface area contributed by atoms with Gasteiger partial charge in [0.15, 0.2) is 0 Å². The van der Waals surface area contributed by atoms with Crippen LogP contribution >= 0.6 is 0 Å². The van der Waals surface area contributed by atoms with Gasteiger partial charge in [-0.05, 0) is 104 Å². The standard InChI is InChI=1S/C89H64N4O3/c1-94-68-50-44-65(45-51-68)81-84-75(59-32-16-6-17-33-59)73(57-28-12-4-13-29-57)71(90-84)56-72-74(58-30-14-5-15-31-58)76(60-34-18-7-19-35-60)85(91-72)82(66-46-52-69(95-2)53-47-66)87-78(62-38-22-9-23-39-62)80(64-42-26-11-27-43-64)89(93-87)83(67-48-54-70(96-3)55-49-67)88-79(63-40-24-10-25-41-63)77(86(81)92-88)61-36-20-8-21-37-61/h4-56,90,93H,1-3H3. The number of hydrogen-bond donors (Lipinski definition) is 2. The number of H-pyrrole nitrogens is 2. The summed E-state index contributed by atoms with van der Waals surface area (Å²) in [7, 11) is 5.15. The molecular formula is C89H64N4O3. The van der Waals surface area contributed by atoms with Crippen molar-refractivity contribution >= 4 is 44.4 Å². The Morgan fingerprint density at radius 2 is 0.458 bits per heavy atom. The fourth-order valence-electron chi connectivity index (χ4n) is 14.0. The summed E-state index contributed by atoms with van der Waals surface area (Å²) in [5.74, 6) is 2.20. The highest BCUT2D eigenvalue weighted by Gasteiger charge is 2.35. The number of nitrogens with zero attached hydrogens (tertiary/aromatic N) is 2. The summed E-state index contributed by atoms with van der Waals surface area (Å²) in [5.41, 5.74) is 27.9. The molecule has 0 radical (unpaired) electrons. The number of aromatic nitrogens is 4. The van der Waals surface area contributed by atoms with E-state index in [4.69, 9.17) is 24.2 Å². The summed E-state index contributed by atoms with van der Waals surface area (Å²) in [4.78, 5) is 21.4. The summed E-state index contributed by atoms with van der Waals surface area (Å²) in [5, 5.41) is 0. The van der Waals surface area contributed by atoms with E-state index in [2.05, 4.69) is 331 Å². The number of aromatic amines is 2. The Morgan fingerprint density at radius 1 is 0.219 bits per heavy atom. The number of benzene rings is 11. The van der Waals surface area contributed by atoms with Crippen molar-refractivity contribution in [2.24, 2.45) is 0 Å². The van der Waals surface area contributed by atoms with Gasteiger partial charge < -0.3 is 24.2 Å². The van der Waals surface area contributed by atoms with Crippen LogP contribution in [0.1, 0.15) is 45.0 Å². The molecular weight excluding hydrogens is 1170 g/mol. The average Bonchev–Trinajstić information content (AvgIpc) is 1.56. The average molecular weight is 1240 g/mol. The third-order valence-electron chi connectivity index (χ3n) is 18.3. The van der Waals surface area contributed by atoms with Crippen LogP contribution < -0.4 is 14.2 Å². The van der Waals surface area contributed by atoms with Crippen molar-refractivity contribution in [3.05, 3.63) is 367 Å². The highest BCUT2D eigenvalue weighted by Crippen LogP contribution is 2.54. The Labute approximate surface area is 558 Å². The van der Waals surface area contributed by atoms with E-state index in [1.165, 1.54) is 0 Å². The van der Waals surface area contributed by atoms with Gasteiger partial charge in [0.05, 0.1) is 60.7 Å². The van der Waals surface area contributed by atoms with Crippen LogP contribution in [0.4, 0.5) is 0 Å². The lowest BCUT2D eigenvalue weighted by Crippen LogP contribution is -1.95. The summed E-state index contributed by atoms with van der Waals surface area (Å²) in [6.45, 7) is 0. The van der Waals surface area contributed by atoms with Crippen LogP contribution in [-0.2, 0) is 0 Å². The fourth-order valence-corrected chi connectivity index (χ4v) is 14.0. The van der Waals surface area contributed by atoms with Crippen molar-refractivity contribution in [1.82, 2.24) is 19.9 Å². The minimum Gasteiger partial charge on any atom is -0.497 e.